The van der Waals surface area contributed by atoms with Gasteiger partial charge in [0.15, 0.2) is 11.6 Å². The van der Waals surface area contributed by atoms with E-state index in [-0.39, 0.29) is 11.6 Å². The van der Waals surface area contributed by atoms with Gasteiger partial charge in [0, 0.05) is 12.2 Å². The zero-order valence-electron chi connectivity index (χ0n) is 8.99. The Morgan fingerprint density at radius 3 is 2.50 bits per heavy atom. The summed E-state index contributed by atoms with van der Waals surface area (Å²) in [6, 6.07) is 0. The third-order valence-electron chi connectivity index (χ3n) is 3.24. The standard InChI is InChI=1S/C13H11NO2/c1-8-12-10(15)5-6-11(16)13(12)9-4-2-3-7-14(8)9/h2,4-6H,3,7H2,1H3. The average molecular weight is 213 g/mol. The fraction of sp³-hybridized carbons (Fsp3) is 0.231. The number of ketones is 2. The number of hydrogen-bond donors (Lipinski definition) is 0. The van der Waals surface area contributed by atoms with Gasteiger partial charge in [-0.15, -0.1) is 0 Å². The number of allylic oxidation sites excluding steroid dienone is 3. The number of hydrogen-bond acceptors (Lipinski definition) is 2. The zero-order chi connectivity index (χ0) is 11.3. The quantitative estimate of drug-likeness (QED) is 0.662. The molecule has 0 fully saturated rings. The van der Waals surface area contributed by atoms with Gasteiger partial charge < -0.3 is 4.57 Å². The first-order chi connectivity index (χ1) is 7.70. The van der Waals surface area contributed by atoms with Crippen LogP contribution in [0.5, 0.6) is 0 Å². The van der Waals surface area contributed by atoms with Crippen molar-refractivity contribution in [1.82, 2.24) is 4.57 Å². The van der Waals surface area contributed by atoms with Gasteiger partial charge in [0.2, 0.25) is 0 Å². The number of aromatic nitrogens is 1. The maximum Gasteiger partial charge on any atom is 0.188 e. The Labute approximate surface area is 93.1 Å². The van der Waals surface area contributed by atoms with Crippen molar-refractivity contribution in [2.45, 2.75) is 19.9 Å². The second-order valence-electron chi connectivity index (χ2n) is 4.13. The van der Waals surface area contributed by atoms with Crippen LogP contribution in [0.15, 0.2) is 18.2 Å². The smallest absolute Gasteiger partial charge is 0.188 e. The van der Waals surface area contributed by atoms with E-state index in [2.05, 4.69) is 4.57 Å². The van der Waals surface area contributed by atoms with E-state index in [1.165, 1.54) is 12.2 Å². The van der Waals surface area contributed by atoms with Crippen molar-refractivity contribution in [1.29, 1.82) is 0 Å². The van der Waals surface area contributed by atoms with Crippen LogP contribution < -0.4 is 0 Å². The predicted molar refractivity (Wildman–Crippen MR) is 60.6 cm³/mol. The number of carbonyl (C=O) groups is 2. The Kier molecular flexibility index (Phi) is 1.78. The summed E-state index contributed by atoms with van der Waals surface area (Å²) in [7, 11) is 0. The fourth-order valence-corrected chi connectivity index (χ4v) is 2.49. The minimum absolute atomic E-state index is 0.0533. The summed E-state index contributed by atoms with van der Waals surface area (Å²) in [6.45, 7) is 2.76. The van der Waals surface area contributed by atoms with Crippen LogP contribution in [0.4, 0.5) is 0 Å². The highest BCUT2D eigenvalue weighted by atomic mass is 16.1. The van der Waals surface area contributed by atoms with Crippen molar-refractivity contribution in [3.8, 4) is 0 Å². The van der Waals surface area contributed by atoms with Crippen LogP contribution in [0.25, 0.3) is 6.08 Å². The van der Waals surface area contributed by atoms with Gasteiger partial charge in [-0.05, 0) is 31.6 Å². The molecule has 16 heavy (non-hydrogen) atoms. The normalized spacial score (nSPS) is 17.6. The maximum atomic E-state index is 11.8. The molecule has 0 amide bonds. The van der Waals surface area contributed by atoms with Crippen LogP contribution >= 0.6 is 0 Å². The molecule has 1 aliphatic heterocycles. The lowest BCUT2D eigenvalue weighted by Crippen LogP contribution is -2.10. The van der Waals surface area contributed by atoms with Gasteiger partial charge in [-0.25, -0.2) is 0 Å². The van der Waals surface area contributed by atoms with Crippen LogP contribution in [0, 0.1) is 6.92 Å². The van der Waals surface area contributed by atoms with Gasteiger partial charge in [-0.2, -0.15) is 0 Å². The molecule has 0 atom stereocenters. The third kappa shape index (κ3) is 1.03. The van der Waals surface area contributed by atoms with Crippen LogP contribution in [0.3, 0.4) is 0 Å². The maximum absolute atomic E-state index is 11.8. The average Bonchev–Trinajstić information content (AvgIpc) is 2.60. The molecule has 80 valence electrons. The van der Waals surface area contributed by atoms with Gasteiger partial charge in [0.1, 0.15) is 0 Å². The zero-order valence-corrected chi connectivity index (χ0v) is 8.99. The highest BCUT2D eigenvalue weighted by molar-refractivity contribution is 6.24. The Balaban J connectivity index is 2.38. The Morgan fingerprint density at radius 2 is 1.75 bits per heavy atom. The molecule has 0 bridgehead atoms. The van der Waals surface area contributed by atoms with E-state index < -0.39 is 0 Å². The largest absolute Gasteiger partial charge is 0.344 e. The fourth-order valence-electron chi connectivity index (χ4n) is 2.49. The summed E-state index contributed by atoms with van der Waals surface area (Å²) >= 11 is 0. The third-order valence-corrected chi connectivity index (χ3v) is 3.24. The molecule has 0 spiro atoms. The SMILES string of the molecule is Cc1c2c(c3n1CCC=C3)C(=O)C=CC2=O. The minimum atomic E-state index is -0.0574. The predicted octanol–water partition coefficient (Wildman–Crippen LogP) is 2.15. The summed E-state index contributed by atoms with van der Waals surface area (Å²) in [5.74, 6) is -0.111. The van der Waals surface area contributed by atoms with Gasteiger partial charge in [0.05, 0.1) is 16.8 Å². The molecule has 3 heteroatoms. The molecule has 1 aromatic heterocycles. The van der Waals surface area contributed by atoms with Crippen molar-refractivity contribution < 1.29 is 9.59 Å². The number of nitrogens with zero attached hydrogens (tertiary/aromatic N) is 1. The monoisotopic (exact) mass is 213 g/mol. The molecule has 0 unspecified atom stereocenters. The summed E-state index contributed by atoms with van der Waals surface area (Å²) in [4.78, 5) is 23.6. The van der Waals surface area contributed by atoms with Crippen molar-refractivity contribution in [3.63, 3.8) is 0 Å². The van der Waals surface area contributed by atoms with Gasteiger partial charge in [0.25, 0.3) is 0 Å². The highest BCUT2D eigenvalue weighted by Gasteiger charge is 2.29. The molecule has 0 N–H and O–H groups in total. The first-order valence-corrected chi connectivity index (χ1v) is 5.36. The second kappa shape index (κ2) is 3.04. The molecule has 0 saturated heterocycles. The van der Waals surface area contributed by atoms with Crippen molar-refractivity contribution >= 4 is 17.6 Å². The van der Waals surface area contributed by atoms with Gasteiger partial charge in [-0.1, -0.05) is 6.08 Å². The summed E-state index contributed by atoms with van der Waals surface area (Å²) in [5.41, 5.74) is 2.98. The van der Waals surface area contributed by atoms with E-state index in [4.69, 9.17) is 0 Å². The van der Waals surface area contributed by atoms with E-state index in [9.17, 15) is 9.59 Å². The van der Waals surface area contributed by atoms with Gasteiger partial charge in [-0.3, -0.25) is 9.59 Å². The molecule has 3 nitrogen and oxygen atoms in total. The molecule has 0 aromatic carbocycles. The topological polar surface area (TPSA) is 39.1 Å². The van der Waals surface area contributed by atoms with Gasteiger partial charge >= 0.3 is 0 Å². The number of rotatable bonds is 0. The van der Waals surface area contributed by atoms with Crippen molar-refractivity contribution in [3.05, 3.63) is 40.7 Å². The lowest BCUT2D eigenvalue weighted by Gasteiger charge is -2.12. The molecule has 0 radical (unpaired) electrons. The number of carbonyl (C=O) groups excluding carboxylic acids is 2. The molecule has 1 aromatic rings. The van der Waals surface area contributed by atoms with E-state index in [0.717, 1.165) is 24.4 Å². The Hall–Kier alpha value is -1.90. The van der Waals surface area contributed by atoms with Crippen LogP contribution in [-0.2, 0) is 6.54 Å². The van der Waals surface area contributed by atoms with Crippen LogP contribution in [0.1, 0.15) is 38.5 Å². The molecule has 2 heterocycles. The molecule has 1 aliphatic carbocycles. The first-order valence-electron chi connectivity index (χ1n) is 5.36. The highest BCUT2D eigenvalue weighted by Crippen LogP contribution is 2.30. The molecule has 0 saturated carbocycles. The molecular weight excluding hydrogens is 202 g/mol. The van der Waals surface area contributed by atoms with E-state index in [1.807, 2.05) is 19.1 Å². The van der Waals surface area contributed by atoms with Crippen LogP contribution in [0.2, 0.25) is 0 Å². The van der Waals surface area contributed by atoms with E-state index >= 15 is 0 Å². The number of fused-ring (bicyclic) bond motifs is 3. The van der Waals surface area contributed by atoms with E-state index in [0.29, 0.717) is 11.1 Å². The summed E-state index contributed by atoms with van der Waals surface area (Å²) in [6.07, 6.45) is 7.68. The van der Waals surface area contributed by atoms with Crippen molar-refractivity contribution in [2.24, 2.45) is 0 Å². The van der Waals surface area contributed by atoms with Crippen LogP contribution in [-0.4, -0.2) is 16.1 Å². The molecule has 2 aliphatic rings. The van der Waals surface area contributed by atoms with E-state index in [1.54, 1.807) is 0 Å². The summed E-state index contributed by atoms with van der Waals surface area (Å²) in [5, 5.41) is 0. The first kappa shape index (κ1) is 9.33. The summed E-state index contributed by atoms with van der Waals surface area (Å²) < 4.78 is 2.06. The lowest BCUT2D eigenvalue weighted by molar-refractivity contribution is 0.0994. The molecule has 3 rings (SSSR count). The Bertz CT molecular complexity index is 573. The van der Waals surface area contributed by atoms with Crippen molar-refractivity contribution in [2.75, 3.05) is 0 Å². The Morgan fingerprint density at radius 1 is 1.06 bits per heavy atom. The molecular formula is C13H11NO2. The minimum Gasteiger partial charge on any atom is -0.344 e. The lowest BCUT2D eigenvalue weighted by atomic mass is 9.95. The second-order valence-corrected chi connectivity index (χ2v) is 4.13.